The molecule has 0 atom stereocenters. The van der Waals surface area contributed by atoms with E-state index in [9.17, 15) is 4.79 Å². The number of nitrogens with zero attached hydrogens (tertiary/aromatic N) is 1. The molecule has 0 saturated heterocycles. The highest BCUT2D eigenvalue weighted by molar-refractivity contribution is 5.79. The number of hydrogen-bond donors (Lipinski definition) is 1. The predicted molar refractivity (Wildman–Crippen MR) is 116 cm³/mol. The molecule has 0 aromatic heterocycles. The van der Waals surface area contributed by atoms with Crippen LogP contribution in [-0.4, -0.2) is 19.2 Å². The number of aryl methyl sites for hydroxylation is 1. The third kappa shape index (κ3) is 3.90. The standard InChI is InChI=1S/C26H20N2O2/c1-18-12-13-19(15-20(18)16-27)7-6-14-28-26(29)30-17-25-23-10-4-2-8-21(23)22-9-3-5-11-24(22)25/h2-5,8-13,15,25H,14,17H2,1H3,(H,28,29). The van der Waals surface area contributed by atoms with Crippen molar-refractivity contribution in [3.8, 4) is 29.0 Å². The number of carbonyl (C=O) groups is 1. The summed E-state index contributed by atoms with van der Waals surface area (Å²) in [5.41, 5.74) is 7.01. The Morgan fingerprint density at radius 3 is 2.37 bits per heavy atom. The summed E-state index contributed by atoms with van der Waals surface area (Å²) >= 11 is 0. The summed E-state index contributed by atoms with van der Waals surface area (Å²) < 4.78 is 5.48. The van der Waals surface area contributed by atoms with E-state index in [4.69, 9.17) is 10.00 Å². The predicted octanol–water partition coefficient (Wildman–Crippen LogP) is 4.76. The SMILES string of the molecule is Cc1ccc(C#CCNC(=O)OCC2c3ccccc3-c3ccccc32)cc1C#N. The number of hydrogen-bond acceptors (Lipinski definition) is 3. The topological polar surface area (TPSA) is 62.1 Å². The van der Waals surface area contributed by atoms with E-state index in [1.807, 2.05) is 43.3 Å². The zero-order valence-electron chi connectivity index (χ0n) is 16.6. The maximum atomic E-state index is 12.1. The molecule has 0 fully saturated rings. The molecule has 146 valence electrons. The minimum Gasteiger partial charge on any atom is -0.449 e. The molecule has 0 radical (unpaired) electrons. The molecule has 1 aliphatic rings. The third-order valence-electron chi connectivity index (χ3n) is 5.26. The molecule has 0 bridgehead atoms. The first kappa shape index (κ1) is 19.3. The first-order valence-electron chi connectivity index (χ1n) is 9.76. The number of amides is 1. The lowest BCUT2D eigenvalue weighted by Crippen LogP contribution is -2.26. The first-order chi connectivity index (χ1) is 14.7. The summed E-state index contributed by atoms with van der Waals surface area (Å²) in [5.74, 6) is 5.88. The molecule has 4 rings (SSSR count). The molecule has 1 aliphatic carbocycles. The van der Waals surface area contributed by atoms with Crippen molar-refractivity contribution in [1.82, 2.24) is 5.32 Å². The maximum absolute atomic E-state index is 12.1. The monoisotopic (exact) mass is 392 g/mol. The summed E-state index contributed by atoms with van der Waals surface area (Å²) in [4.78, 5) is 12.1. The maximum Gasteiger partial charge on any atom is 0.407 e. The highest BCUT2D eigenvalue weighted by Crippen LogP contribution is 2.44. The molecule has 0 spiro atoms. The molecule has 4 nitrogen and oxygen atoms in total. The van der Waals surface area contributed by atoms with E-state index in [1.54, 1.807) is 6.07 Å². The molecular weight excluding hydrogens is 372 g/mol. The molecule has 1 N–H and O–H groups in total. The van der Waals surface area contributed by atoms with Gasteiger partial charge in [-0.2, -0.15) is 5.26 Å². The molecule has 4 heteroatoms. The number of nitrogens with one attached hydrogen (secondary N) is 1. The Morgan fingerprint density at radius 1 is 1.03 bits per heavy atom. The van der Waals surface area contributed by atoms with Gasteiger partial charge < -0.3 is 10.1 Å². The Hall–Kier alpha value is -4.02. The van der Waals surface area contributed by atoms with Gasteiger partial charge in [-0.25, -0.2) is 4.79 Å². The Bertz CT molecular complexity index is 1170. The Balaban J connectivity index is 1.35. The molecular formula is C26H20N2O2. The van der Waals surface area contributed by atoms with Crippen LogP contribution in [0.25, 0.3) is 11.1 Å². The second-order valence-electron chi connectivity index (χ2n) is 7.12. The van der Waals surface area contributed by atoms with Crippen molar-refractivity contribution in [3.05, 3.63) is 94.5 Å². The van der Waals surface area contributed by atoms with Crippen molar-refractivity contribution in [2.45, 2.75) is 12.8 Å². The molecule has 1 amide bonds. The zero-order valence-corrected chi connectivity index (χ0v) is 16.6. The molecule has 30 heavy (non-hydrogen) atoms. The van der Waals surface area contributed by atoms with Crippen molar-refractivity contribution in [2.24, 2.45) is 0 Å². The minimum atomic E-state index is -0.493. The highest BCUT2D eigenvalue weighted by Gasteiger charge is 2.28. The van der Waals surface area contributed by atoms with Crippen LogP contribution in [-0.2, 0) is 4.74 Å². The van der Waals surface area contributed by atoms with Crippen molar-refractivity contribution in [1.29, 1.82) is 5.26 Å². The minimum absolute atomic E-state index is 0.0335. The van der Waals surface area contributed by atoms with Crippen LogP contribution in [0.2, 0.25) is 0 Å². The summed E-state index contributed by atoms with van der Waals surface area (Å²) in [6, 6.07) is 24.1. The van der Waals surface area contributed by atoms with Gasteiger partial charge in [0.15, 0.2) is 0 Å². The van der Waals surface area contributed by atoms with Gasteiger partial charge >= 0.3 is 6.09 Å². The number of nitriles is 1. The summed E-state index contributed by atoms with van der Waals surface area (Å²) in [7, 11) is 0. The van der Waals surface area contributed by atoms with Crippen LogP contribution >= 0.6 is 0 Å². The average molecular weight is 392 g/mol. The van der Waals surface area contributed by atoms with Crippen LogP contribution in [0.15, 0.2) is 66.7 Å². The Kier molecular flexibility index (Phi) is 5.50. The van der Waals surface area contributed by atoms with E-state index < -0.39 is 6.09 Å². The van der Waals surface area contributed by atoms with Gasteiger partial charge in [0.25, 0.3) is 0 Å². The lowest BCUT2D eigenvalue weighted by Gasteiger charge is -2.14. The van der Waals surface area contributed by atoms with Crippen LogP contribution in [0, 0.1) is 30.1 Å². The van der Waals surface area contributed by atoms with Crippen molar-refractivity contribution >= 4 is 6.09 Å². The fourth-order valence-electron chi connectivity index (χ4n) is 3.73. The van der Waals surface area contributed by atoms with Gasteiger partial charge in [-0.3, -0.25) is 0 Å². The lowest BCUT2D eigenvalue weighted by molar-refractivity contribution is 0.144. The number of fused-ring (bicyclic) bond motifs is 3. The van der Waals surface area contributed by atoms with Crippen LogP contribution in [0.4, 0.5) is 4.79 Å². The Labute approximate surface area is 176 Å². The first-order valence-corrected chi connectivity index (χ1v) is 9.76. The number of ether oxygens (including phenoxy) is 1. The van der Waals surface area contributed by atoms with Crippen LogP contribution in [0.3, 0.4) is 0 Å². The molecule has 3 aromatic carbocycles. The third-order valence-corrected chi connectivity index (χ3v) is 5.26. The molecule has 0 heterocycles. The highest BCUT2D eigenvalue weighted by atomic mass is 16.5. The quantitative estimate of drug-likeness (QED) is 0.654. The molecule has 0 aliphatic heterocycles. The average Bonchev–Trinajstić information content (AvgIpc) is 3.10. The number of benzene rings is 3. The van der Waals surface area contributed by atoms with E-state index >= 15 is 0 Å². The van der Waals surface area contributed by atoms with E-state index in [1.165, 1.54) is 22.3 Å². The second kappa shape index (κ2) is 8.55. The van der Waals surface area contributed by atoms with Gasteiger partial charge in [0.2, 0.25) is 0 Å². The fraction of sp³-hybridized carbons (Fsp3) is 0.154. The van der Waals surface area contributed by atoms with Crippen molar-refractivity contribution in [3.63, 3.8) is 0 Å². The molecule has 0 saturated carbocycles. The van der Waals surface area contributed by atoms with Gasteiger partial charge in [0.1, 0.15) is 6.61 Å². The van der Waals surface area contributed by atoms with E-state index in [0.717, 1.165) is 11.1 Å². The summed E-state index contributed by atoms with van der Waals surface area (Å²) in [6.45, 7) is 2.33. The lowest BCUT2D eigenvalue weighted by atomic mass is 9.98. The van der Waals surface area contributed by atoms with Crippen molar-refractivity contribution in [2.75, 3.05) is 13.2 Å². The largest absolute Gasteiger partial charge is 0.449 e. The second-order valence-corrected chi connectivity index (χ2v) is 7.12. The van der Waals surface area contributed by atoms with E-state index in [2.05, 4.69) is 47.5 Å². The fourth-order valence-corrected chi connectivity index (χ4v) is 3.73. The Morgan fingerprint density at radius 2 is 1.70 bits per heavy atom. The van der Waals surface area contributed by atoms with Crippen molar-refractivity contribution < 1.29 is 9.53 Å². The summed E-state index contributed by atoms with van der Waals surface area (Å²) in [5, 5.41) is 11.8. The smallest absolute Gasteiger partial charge is 0.407 e. The van der Waals surface area contributed by atoms with E-state index in [-0.39, 0.29) is 19.1 Å². The van der Waals surface area contributed by atoms with Crippen LogP contribution in [0.5, 0.6) is 0 Å². The number of alkyl carbamates (subject to hydrolysis) is 1. The van der Waals surface area contributed by atoms with Gasteiger partial charge in [0, 0.05) is 11.5 Å². The molecule has 0 unspecified atom stereocenters. The zero-order chi connectivity index (χ0) is 20.9. The number of rotatable bonds is 3. The summed E-state index contributed by atoms with van der Waals surface area (Å²) in [6.07, 6.45) is -0.493. The normalized spacial score (nSPS) is 11.5. The van der Waals surface area contributed by atoms with Crippen LogP contribution < -0.4 is 5.32 Å². The van der Waals surface area contributed by atoms with Gasteiger partial charge in [-0.05, 0) is 46.9 Å². The van der Waals surface area contributed by atoms with E-state index in [0.29, 0.717) is 5.56 Å². The van der Waals surface area contributed by atoms with Crippen LogP contribution in [0.1, 0.15) is 33.7 Å². The van der Waals surface area contributed by atoms with Gasteiger partial charge in [-0.1, -0.05) is 66.4 Å². The number of carbonyl (C=O) groups excluding carboxylic acids is 1. The van der Waals surface area contributed by atoms with Gasteiger partial charge in [0.05, 0.1) is 18.2 Å². The van der Waals surface area contributed by atoms with Gasteiger partial charge in [-0.15, -0.1) is 0 Å². The molecule has 3 aromatic rings.